The molecular formula is C18H28N2O. The normalized spacial score (nSPS) is 13.6. The second-order valence-corrected chi connectivity index (χ2v) is 7.52. The van der Waals surface area contributed by atoms with Gasteiger partial charge in [0.25, 0.3) is 0 Å². The molecule has 3 heteroatoms. The third-order valence-electron chi connectivity index (χ3n) is 3.47. The minimum atomic E-state index is -0.449. The van der Waals surface area contributed by atoms with Crippen molar-refractivity contribution >= 4 is 0 Å². The second-order valence-electron chi connectivity index (χ2n) is 7.52. The first-order chi connectivity index (χ1) is 9.64. The van der Waals surface area contributed by atoms with Gasteiger partial charge in [-0.2, -0.15) is 5.26 Å². The number of ether oxygens (including phenoxy) is 1. The van der Waals surface area contributed by atoms with Crippen molar-refractivity contribution in [2.45, 2.75) is 58.9 Å². The van der Waals surface area contributed by atoms with Crippen molar-refractivity contribution in [3.8, 4) is 11.8 Å². The number of hydrogen-bond donors (Lipinski definition) is 1. The van der Waals surface area contributed by atoms with Crippen molar-refractivity contribution in [1.82, 2.24) is 0 Å². The van der Waals surface area contributed by atoms with Crippen molar-refractivity contribution < 1.29 is 4.74 Å². The lowest BCUT2D eigenvalue weighted by Crippen LogP contribution is -2.24. The van der Waals surface area contributed by atoms with Gasteiger partial charge in [0.1, 0.15) is 5.75 Å². The Balaban J connectivity index is 2.63. The highest BCUT2D eigenvalue weighted by molar-refractivity contribution is 5.31. The zero-order chi connectivity index (χ0) is 16.1. The van der Waals surface area contributed by atoms with Gasteiger partial charge in [0.05, 0.1) is 18.7 Å². The summed E-state index contributed by atoms with van der Waals surface area (Å²) in [7, 11) is 0. The molecule has 0 radical (unpaired) electrons. The maximum absolute atomic E-state index is 8.62. The summed E-state index contributed by atoms with van der Waals surface area (Å²) in [6.07, 6.45) is 1.67. The zero-order valence-electron chi connectivity index (χ0n) is 13.9. The van der Waals surface area contributed by atoms with Crippen LogP contribution < -0.4 is 10.5 Å². The lowest BCUT2D eigenvalue weighted by atomic mass is 9.72. The predicted octanol–water partition coefficient (Wildman–Crippen LogP) is 4.02. The highest BCUT2D eigenvalue weighted by Gasteiger charge is 2.27. The highest BCUT2D eigenvalue weighted by Crippen LogP contribution is 2.36. The number of hydrogen-bond acceptors (Lipinski definition) is 3. The van der Waals surface area contributed by atoms with E-state index in [1.165, 1.54) is 5.56 Å². The molecule has 0 amide bonds. The van der Waals surface area contributed by atoms with Crippen molar-refractivity contribution in [2.24, 2.45) is 11.1 Å². The molecule has 1 atom stereocenters. The monoisotopic (exact) mass is 288 g/mol. The molecule has 0 spiro atoms. The van der Waals surface area contributed by atoms with Crippen LogP contribution in [0.25, 0.3) is 0 Å². The van der Waals surface area contributed by atoms with Gasteiger partial charge in [-0.05, 0) is 34.9 Å². The molecule has 0 aliphatic heterocycles. The molecule has 3 nitrogen and oxygen atoms in total. The Hall–Kier alpha value is -1.53. The van der Waals surface area contributed by atoms with E-state index in [4.69, 9.17) is 15.7 Å². The first kappa shape index (κ1) is 17.5. The summed E-state index contributed by atoms with van der Waals surface area (Å²) in [5, 5.41) is 8.62. The van der Waals surface area contributed by atoms with Crippen LogP contribution in [0.5, 0.6) is 5.75 Å². The van der Waals surface area contributed by atoms with Gasteiger partial charge in [0.15, 0.2) is 0 Å². The molecule has 2 N–H and O–H groups in total. The number of rotatable bonds is 6. The first-order valence-corrected chi connectivity index (χ1v) is 7.53. The third-order valence-corrected chi connectivity index (χ3v) is 3.47. The minimum absolute atomic E-state index is 0.139. The Morgan fingerprint density at radius 2 is 1.71 bits per heavy atom. The van der Waals surface area contributed by atoms with Crippen molar-refractivity contribution in [2.75, 3.05) is 6.61 Å². The van der Waals surface area contributed by atoms with Gasteiger partial charge in [-0.25, -0.2) is 0 Å². The van der Waals surface area contributed by atoms with Crippen LogP contribution >= 0.6 is 0 Å². The van der Waals surface area contributed by atoms with E-state index >= 15 is 0 Å². The molecule has 0 aromatic heterocycles. The molecule has 0 saturated carbocycles. The smallest absolute Gasteiger partial charge is 0.119 e. The van der Waals surface area contributed by atoms with Gasteiger partial charge in [-0.3, -0.25) is 0 Å². The molecule has 0 fully saturated rings. The SMILES string of the molecule is CC(C)(C)CC(C)(C)c1ccc(OCCC(N)C#N)cc1. The lowest BCUT2D eigenvalue weighted by Gasteiger charge is -2.33. The maximum Gasteiger partial charge on any atom is 0.119 e. The molecule has 21 heavy (non-hydrogen) atoms. The van der Waals surface area contributed by atoms with Gasteiger partial charge in [-0.15, -0.1) is 0 Å². The minimum Gasteiger partial charge on any atom is -0.493 e. The summed E-state index contributed by atoms with van der Waals surface area (Å²) in [6.45, 7) is 11.8. The highest BCUT2D eigenvalue weighted by atomic mass is 16.5. The van der Waals surface area contributed by atoms with Gasteiger partial charge >= 0.3 is 0 Å². The number of nitrogens with zero attached hydrogens (tertiary/aromatic N) is 1. The van der Waals surface area contributed by atoms with E-state index in [1.807, 2.05) is 18.2 Å². The van der Waals surface area contributed by atoms with Crippen LogP contribution in [0.15, 0.2) is 24.3 Å². The van der Waals surface area contributed by atoms with E-state index in [9.17, 15) is 0 Å². The summed E-state index contributed by atoms with van der Waals surface area (Å²) in [5.41, 5.74) is 7.29. The quantitative estimate of drug-likeness (QED) is 0.860. The van der Waals surface area contributed by atoms with Crippen molar-refractivity contribution in [3.63, 3.8) is 0 Å². The summed E-state index contributed by atoms with van der Waals surface area (Å²) in [5.74, 6) is 0.829. The van der Waals surface area contributed by atoms with Gasteiger partial charge in [-0.1, -0.05) is 46.8 Å². The molecule has 0 saturated heterocycles. The van der Waals surface area contributed by atoms with E-state index < -0.39 is 6.04 Å². The number of nitrogens with two attached hydrogens (primary N) is 1. The Kier molecular flexibility index (Phi) is 5.80. The average Bonchev–Trinajstić information content (AvgIpc) is 2.36. The molecule has 1 unspecified atom stereocenters. The molecular weight excluding hydrogens is 260 g/mol. The molecule has 0 aliphatic rings. The van der Waals surface area contributed by atoms with Crippen molar-refractivity contribution in [1.29, 1.82) is 5.26 Å². The predicted molar refractivity (Wildman–Crippen MR) is 87.2 cm³/mol. The largest absolute Gasteiger partial charge is 0.493 e. The molecule has 1 aromatic carbocycles. The molecule has 0 bridgehead atoms. The van der Waals surface area contributed by atoms with Gasteiger partial charge in [0.2, 0.25) is 0 Å². The average molecular weight is 288 g/mol. The summed E-state index contributed by atoms with van der Waals surface area (Å²) >= 11 is 0. The van der Waals surface area contributed by atoms with Crippen LogP contribution in [0, 0.1) is 16.7 Å². The molecule has 1 aromatic rings. The first-order valence-electron chi connectivity index (χ1n) is 7.53. The number of nitriles is 1. The number of benzene rings is 1. The Bertz CT molecular complexity index is 477. The second kappa shape index (κ2) is 6.95. The van der Waals surface area contributed by atoms with Crippen LogP contribution in [-0.4, -0.2) is 12.6 Å². The van der Waals surface area contributed by atoms with E-state index in [1.54, 1.807) is 0 Å². The van der Waals surface area contributed by atoms with E-state index in [-0.39, 0.29) is 5.41 Å². The molecule has 116 valence electrons. The maximum atomic E-state index is 8.62. The third kappa shape index (κ3) is 6.18. The van der Waals surface area contributed by atoms with Crippen LogP contribution in [-0.2, 0) is 5.41 Å². The Morgan fingerprint density at radius 1 is 1.14 bits per heavy atom. The Morgan fingerprint density at radius 3 is 2.19 bits per heavy atom. The fourth-order valence-electron chi connectivity index (χ4n) is 2.80. The van der Waals surface area contributed by atoms with Gasteiger partial charge < -0.3 is 10.5 Å². The standard InChI is InChI=1S/C18H28N2O/c1-17(2,3)13-18(4,5)14-6-8-16(9-7-14)21-11-10-15(20)12-19/h6-9,15H,10-11,13,20H2,1-5H3. The van der Waals surface area contributed by atoms with E-state index in [0.717, 1.165) is 12.2 Å². The van der Waals surface area contributed by atoms with E-state index in [0.29, 0.717) is 18.4 Å². The summed E-state index contributed by atoms with van der Waals surface area (Å²) in [6, 6.07) is 9.81. The van der Waals surface area contributed by atoms with Gasteiger partial charge in [0, 0.05) is 6.42 Å². The molecule has 0 heterocycles. The zero-order valence-corrected chi connectivity index (χ0v) is 13.9. The fraction of sp³-hybridized carbons (Fsp3) is 0.611. The topological polar surface area (TPSA) is 59.0 Å². The van der Waals surface area contributed by atoms with Crippen LogP contribution in [0.3, 0.4) is 0 Å². The summed E-state index contributed by atoms with van der Waals surface area (Å²) < 4.78 is 5.62. The van der Waals surface area contributed by atoms with Crippen LogP contribution in [0.2, 0.25) is 0 Å². The lowest BCUT2D eigenvalue weighted by molar-refractivity contribution is 0.283. The van der Waals surface area contributed by atoms with Crippen LogP contribution in [0.1, 0.15) is 53.0 Å². The summed E-state index contributed by atoms with van der Waals surface area (Å²) in [4.78, 5) is 0. The fourth-order valence-corrected chi connectivity index (χ4v) is 2.80. The van der Waals surface area contributed by atoms with Crippen molar-refractivity contribution in [3.05, 3.63) is 29.8 Å². The van der Waals surface area contributed by atoms with E-state index in [2.05, 4.69) is 46.8 Å². The van der Waals surface area contributed by atoms with Crippen LogP contribution in [0.4, 0.5) is 0 Å². The molecule has 0 aliphatic carbocycles. The molecule has 1 rings (SSSR count). The Labute approximate surface area is 129 Å².